The average molecular weight is 451 g/mol. The molecule has 160 valence electrons. The zero-order valence-corrected chi connectivity index (χ0v) is 18.3. The standard InChI is InChI=1S/C19H24N5O4S2/c1-23(12-2-5-27-6-3-12)17-16-14(4-7-30(16)26)21-19(22-17)24-8-13(9-24)28-18(25)15-10-29-11-20-15/h10-13,26H,2-9H2,1H3/q+1. The zero-order valence-electron chi connectivity index (χ0n) is 16.7. The summed E-state index contributed by atoms with van der Waals surface area (Å²) in [5, 5.41) is 1.69. The van der Waals surface area contributed by atoms with Crippen LogP contribution in [0.3, 0.4) is 0 Å². The number of esters is 1. The predicted molar refractivity (Wildman–Crippen MR) is 115 cm³/mol. The van der Waals surface area contributed by atoms with E-state index in [0.717, 1.165) is 48.9 Å². The number of aromatic nitrogens is 3. The molecule has 2 aromatic heterocycles. The summed E-state index contributed by atoms with van der Waals surface area (Å²) >= 11 is 0.557. The van der Waals surface area contributed by atoms with Crippen LogP contribution < -0.4 is 9.80 Å². The lowest BCUT2D eigenvalue weighted by Crippen LogP contribution is -2.54. The van der Waals surface area contributed by atoms with Gasteiger partial charge in [-0.2, -0.15) is 9.54 Å². The van der Waals surface area contributed by atoms with Gasteiger partial charge in [0.1, 0.15) is 11.8 Å². The number of hydrogen-bond acceptors (Lipinski definition) is 10. The number of nitrogens with zero attached hydrogens (tertiary/aromatic N) is 5. The molecular weight excluding hydrogens is 426 g/mol. The number of carbonyl (C=O) groups is 1. The molecule has 5 heterocycles. The summed E-state index contributed by atoms with van der Waals surface area (Å²) in [5.74, 6) is 1.78. The number of carbonyl (C=O) groups excluding carboxylic acids is 1. The van der Waals surface area contributed by atoms with Crippen LogP contribution in [0.5, 0.6) is 0 Å². The highest BCUT2D eigenvalue weighted by Crippen LogP contribution is 2.36. The van der Waals surface area contributed by atoms with Crippen molar-refractivity contribution < 1.29 is 18.8 Å². The molecule has 2 fully saturated rings. The van der Waals surface area contributed by atoms with E-state index in [1.54, 1.807) is 10.9 Å². The summed E-state index contributed by atoms with van der Waals surface area (Å²) in [6.07, 6.45) is 2.46. The molecule has 2 saturated heterocycles. The summed E-state index contributed by atoms with van der Waals surface area (Å²) in [4.78, 5) is 30.8. The van der Waals surface area contributed by atoms with E-state index in [9.17, 15) is 9.35 Å². The van der Waals surface area contributed by atoms with Crippen molar-refractivity contribution in [3.8, 4) is 0 Å². The molecule has 0 bridgehead atoms. The Morgan fingerprint density at radius 1 is 1.37 bits per heavy atom. The molecule has 0 amide bonds. The van der Waals surface area contributed by atoms with Crippen LogP contribution in [0.2, 0.25) is 0 Å². The molecule has 0 saturated carbocycles. The smallest absolute Gasteiger partial charge is 0.358 e. The maximum absolute atomic E-state index is 12.1. The van der Waals surface area contributed by atoms with Gasteiger partial charge in [0.15, 0.2) is 28.4 Å². The Bertz CT molecular complexity index is 916. The van der Waals surface area contributed by atoms with Gasteiger partial charge in [0, 0.05) is 38.1 Å². The van der Waals surface area contributed by atoms with Gasteiger partial charge in [0.05, 0.1) is 18.6 Å². The van der Waals surface area contributed by atoms with Crippen molar-refractivity contribution in [2.24, 2.45) is 0 Å². The number of fused-ring (bicyclic) bond motifs is 1. The molecule has 1 unspecified atom stereocenters. The number of anilines is 2. The Balaban J connectivity index is 1.32. The van der Waals surface area contributed by atoms with E-state index < -0.39 is 11.2 Å². The Morgan fingerprint density at radius 2 is 2.17 bits per heavy atom. The van der Waals surface area contributed by atoms with Gasteiger partial charge in [0.25, 0.3) is 4.90 Å². The largest absolute Gasteiger partial charge is 0.454 e. The first-order valence-electron chi connectivity index (χ1n) is 10.1. The average Bonchev–Trinajstić information content (AvgIpc) is 3.40. The zero-order chi connectivity index (χ0) is 20.7. The van der Waals surface area contributed by atoms with Crippen LogP contribution in [-0.2, 0) is 27.1 Å². The van der Waals surface area contributed by atoms with Crippen molar-refractivity contribution in [3.05, 3.63) is 22.3 Å². The number of ether oxygens (including phenoxy) is 2. The predicted octanol–water partition coefficient (Wildman–Crippen LogP) is 1.60. The maximum Gasteiger partial charge on any atom is 0.358 e. The second-order valence-corrected chi connectivity index (χ2v) is 9.97. The fourth-order valence-electron chi connectivity index (χ4n) is 4.00. The minimum atomic E-state index is -0.814. The highest BCUT2D eigenvalue weighted by molar-refractivity contribution is 7.92. The summed E-state index contributed by atoms with van der Waals surface area (Å²) in [6, 6.07) is 0.339. The molecular formula is C19H24N5O4S2+. The minimum Gasteiger partial charge on any atom is -0.454 e. The van der Waals surface area contributed by atoms with E-state index in [4.69, 9.17) is 19.4 Å². The van der Waals surface area contributed by atoms with Crippen molar-refractivity contribution in [2.75, 3.05) is 48.9 Å². The van der Waals surface area contributed by atoms with Crippen LogP contribution >= 0.6 is 11.3 Å². The highest BCUT2D eigenvalue weighted by Gasteiger charge is 2.42. The van der Waals surface area contributed by atoms with Gasteiger partial charge in [-0.3, -0.25) is 0 Å². The number of hydrogen-bond donors (Lipinski definition) is 1. The Labute approximate surface area is 181 Å². The fourth-order valence-corrected chi connectivity index (χ4v) is 5.94. The third-order valence-corrected chi connectivity index (χ3v) is 7.86. The van der Waals surface area contributed by atoms with Gasteiger partial charge >= 0.3 is 5.97 Å². The quantitative estimate of drug-likeness (QED) is 0.538. The molecule has 0 radical (unpaired) electrons. The van der Waals surface area contributed by atoms with Gasteiger partial charge in [0.2, 0.25) is 5.95 Å². The summed E-state index contributed by atoms with van der Waals surface area (Å²) in [5.41, 5.74) is 2.90. The molecule has 3 aliphatic heterocycles. The third-order valence-electron chi connectivity index (χ3n) is 5.79. The molecule has 1 N–H and O–H groups in total. The molecule has 5 rings (SSSR count). The van der Waals surface area contributed by atoms with E-state index >= 15 is 0 Å². The van der Waals surface area contributed by atoms with Gasteiger partial charge in [-0.15, -0.1) is 11.3 Å². The van der Waals surface area contributed by atoms with E-state index in [1.807, 2.05) is 11.9 Å². The molecule has 30 heavy (non-hydrogen) atoms. The topological polar surface area (TPSA) is 101 Å². The first-order valence-corrected chi connectivity index (χ1v) is 12.3. The van der Waals surface area contributed by atoms with Crippen LogP contribution in [0.1, 0.15) is 29.0 Å². The van der Waals surface area contributed by atoms with Crippen molar-refractivity contribution >= 4 is 40.2 Å². The Kier molecular flexibility index (Phi) is 5.52. The molecule has 2 aromatic rings. The Hall–Kier alpha value is -1.95. The van der Waals surface area contributed by atoms with E-state index in [1.165, 1.54) is 11.3 Å². The van der Waals surface area contributed by atoms with Crippen LogP contribution in [0, 0.1) is 0 Å². The number of thiazole rings is 1. The van der Waals surface area contributed by atoms with Crippen molar-refractivity contribution in [2.45, 2.75) is 36.3 Å². The minimum absolute atomic E-state index is 0.194. The van der Waals surface area contributed by atoms with Gasteiger partial charge in [-0.25, -0.2) is 14.8 Å². The van der Waals surface area contributed by atoms with Crippen LogP contribution in [0.25, 0.3) is 0 Å². The Morgan fingerprint density at radius 3 is 2.90 bits per heavy atom. The number of rotatable bonds is 5. The monoisotopic (exact) mass is 450 g/mol. The third kappa shape index (κ3) is 3.75. The second-order valence-electron chi connectivity index (χ2n) is 7.70. The molecule has 0 aromatic carbocycles. The van der Waals surface area contributed by atoms with Gasteiger partial charge in [-0.05, 0) is 12.8 Å². The molecule has 3 aliphatic rings. The van der Waals surface area contributed by atoms with Crippen LogP contribution in [-0.4, -0.2) is 76.7 Å². The lowest BCUT2D eigenvalue weighted by molar-refractivity contribution is 0.0225. The number of aryl methyl sites for hydroxylation is 1. The van der Waals surface area contributed by atoms with E-state index in [0.29, 0.717) is 36.5 Å². The van der Waals surface area contributed by atoms with Crippen LogP contribution in [0.15, 0.2) is 15.8 Å². The van der Waals surface area contributed by atoms with Crippen molar-refractivity contribution in [1.82, 2.24) is 15.0 Å². The van der Waals surface area contributed by atoms with E-state index in [2.05, 4.69) is 9.88 Å². The summed E-state index contributed by atoms with van der Waals surface area (Å²) in [6.45, 7) is 2.61. The fraction of sp³-hybridized carbons (Fsp3) is 0.579. The van der Waals surface area contributed by atoms with E-state index in [-0.39, 0.29) is 12.1 Å². The normalized spacial score (nSPS) is 21.9. The molecule has 9 nitrogen and oxygen atoms in total. The lowest BCUT2D eigenvalue weighted by atomic mass is 10.1. The second kappa shape index (κ2) is 8.29. The lowest BCUT2D eigenvalue weighted by Gasteiger charge is -2.39. The van der Waals surface area contributed by atoms with Gasteiger partial charge < -0.3 is 19.3 Å². The first kappa shape index (κ1) is 20.0. The van der Waals surface area contributed by atoms with Crippen molar-refractivity contribution in [1.29, 1.82) is 0 Å². The summed E-state index contributed by atoms with van der Waals surface area (Å²) in [7, 11) is 2.05. The molecule has 0 spiro atoms. The molecule has 11 heteroatoms. The maximum atomic E-state index is 12.1. The van der Waals surface area contributed by atoms with Crippen LogP contribution in [0.4, 0.5) is 11.8 Å². The molecule has 1 atom stereocenters. The summed E-state index contributed by atoms with van der Waals surface area (Å²) < 4.78 is 21.6. The first-order chi connectivity index (χ1) is 14.6. The van der Waals surface area contributed by atoms with Crippen molar-refractivity contribution in [3.63, 3.8) is 0 Å². The van der Waals surface area contributed by atoms with Gasteiger partial charge in [-0.1, -0.05) is 0 Å². The SMILES string of the molecule is CN(c1nc(N2CC(OC(=O)c3cscn3)C2)nc2c1[S+](O)CC2)C1CCOCC1. The molecule has 0 aliphatic carbocycles. The highest BCUT2D eigenvalue weighted by atomic mass is 32.2.